The molecule has 0 aliphatic heterocycles. The van der Waals surface area contributed by atoms with E-state index in [1.165, 1.54) is 18.3 Å². The first-order chi connectivity index (χ1) is 10.7. The fourth-order valence-electron chi connectivity index (χ4n) is 2.54. The van der Waals surface area contributed by atoms with Gasteiger partial charge in [0.05, 0.1) is 10.6 Å². The zero-order valence-corrected chi connectivity index (χ0v) is 12.1. The summed E-state index contributed by atoms with van der Waals surface area (Å²) < 4.78 is 0. The highest BCUT2D eigenvalue weighted by molar-refractivity contribution is 5.84. The van der Waals surface area contributed by atoms with Crippen molar-refractivity contribution in [3.8, 4) is 22.4 Å². The Kier molecular flexibility index (Phi) is 3.66. The molecule has 0 aliphatic carbocycles. The van der Waals surface area contributed by atoms with E-state index in [0.717, 1.165) is 22.3 Å². The number of rotatable bonds is 3. The third kappa shape index (κ3) is 2.59. The number of nitro groups is 1. The van der Waals surface area contributed by atoms with E-state index in [4.69, 9.17) is 0 Å². The van der Waals surface area contributed by atoms with E-state index in [0.29, 0.717) is 5.69 Å². The summed E-state index contributed by atoms with van der Waals surface area (Å²) in [5.41, 5.74) is 4.72. The van der Waals surface area contributed by atoms with Gasteiger partial charge in [0.2, 0.25) is 0 Å². The minimum atomic E-state index is -0.397. The maximum absolute atomic E-state index is 11.0. The summed E-state index contributed by atoms with van der Waals surface area (Å²) in [5.74, 6) is 0. The van der Waals surface area contributed by atoms with Gasteiger partial charge in [0, 0.05) is 23.9 Å². The van der Waals surface area contributed by atoms with Gasteiger partial charge in [-0.15, -0.1) is 0 Å². The summed E-state index contributed by atoms with van der Waals surface area (Å²) in [6.45, 7) is 1.99. The normalized spacial score (nSPS) is 10.4. The second-order valence-corrected chi connectivity index (χ2v) is 5.02. The fraction of sp³-hybridized carbons (Fsp3) is 0.0556. The summed E-state index contributed by atoms with van der Waals surface area (Å²) in [4.78, 5) is 14.9. The molecule has 0 aliphatic rings. The lowest BCUT2D eigenvalue weighted by Crippen LogP contribution is -1.94. The van der Waals surface area contributed by atoms with Crippen LogP contribution in [-0.4, -0.2) is 9.91 Å². The predicted molar refractivity (Wildman–Crippen MR) is 86.5 cm³/mol. The van der Waals surface area contributed by atoms with E-state index in [1.54, 1.807) is 0 Å². The first-order valence-corrected chi connectivity index (χ1v) is 6.92. The van der Waals surface area contributed by atoms with Crippen molar-refractivity contribution in [1.29, 1.82) is 0 Å². The highest BCUT2D eigenvalue weighted by Gasteiger charge is 2.14. The molecule has 1 heterocycles. The van der Waals surface area contributed by atoms with Crippen LogP contribution in [0.4, 0.5) is 5.69 Å². The van der Waals surface area contributed by atoms with Crippen LogP contribution in [0.3, 0.4) is 0 Å². The summed E-state index contributed by atoms with van der Waals surface area (Å²) in [6.07, 6.45) is 1.48. The van der Waals surface area contributed by atoms with Crippen LogP contribution in [0, 0.1) is 17.0 Å². The lowest BCUT2D eigenvalue weighted by atomic mass is 9.93. The molecule has 0 saturated carbocycles. The Morgan fingerprint density at radius 1 is 1.00 bits per heavy atom. The molecular weight excluding hydrogens is 276 g/mol. The van der Waals surface area contributed by atoms with E-state index in [-0.39, 0.29) is 5.69 Å². The van der Waals surface area contributed by atoms with Gasteiger partial charge in [0.25, 0.3) is 5.69 Å². The Balaban J connectivity index is 2.23. The zero-order chi connectivity index (χ0) is 15.5. The molecule has 2 aromatic carbocycles. The number of pyridine rings is 1. The van der Waals surface area contributed by atoms with Crippen LogP contribution >= 0.6 is 0 Å². The number of hydrogen-bond donors (Lipinski definition) is 0. The zero-order valence-electron chi connectivity index (χ0n) is 12.1. The average Bonchev–Trinajstić information content (AvgIpc) is 2.55. The van der Waals surface area contributed by atoms with Crippen molar-refractivity contribution >= 4 is 5.69 Å². The topological polar surface area (TPSA) is 56.0 Å². The summed E-state index contributed by atoms with van der Waals surface area (Å²) in [5, 5.41) is 11.0. The molecule has 4 nitrogen and oxygen atoms in total. The Morgan fingerprint density at radius 2 is 1.77 bits per heavy atom. The van der Waals surface area contributed by atoms with Crippen LogP contribution in [0.2, 0.25) is 0 Å². The van der Waals surface area contributed by atoms with Crippen LogP contribution in [-0.2, 0) is 0 Å². The smallest absolute Gasteiger partial charge is 0.258 e. The minimum Gasteiger partial charge on any atom is -0.258 e. The number of benzene rings is 2. The minimum absolute atomic E-state index is 0.0484. The maximum Gasteiger partial charge on any atom is 0.273 e. The van der Waals surface area contributed by atoms with Crippen molar-refractivity contribution in [2.75, 3.05) is 0 Å². The van der Waals surface area contributed by atoms with Crippen molar-refractivity contribution in [2.45, 2.75) is 6.92 Å². The molecule has 0 fully saturated rings. The molecule has 4 heteroatoms. The van der Waals surface area contributed by atoms with Gasteiger partial charge >= 0.3 is 0 Å². The van der Waals surface area contributed by atoms with Crippen molar-refractivity contribution < 1.29 is 4.92 Å². The van der Waals surface area contributed by atoms with Crippen LogP contribution in [0.5, 0.6) is 0 Å². The second kappa shape index (κ2) is 5.77. The Labute approximate surface area is 128 Å². The summed E-state index contributed by atoms with van der Waals surface area (Å²) in [7, 11) is 0. The van der Waals surface area contributed by atoms with E-state index in [2.05, 4.69) is 4.98 Å². The van der Waals surface area contributed by atoms with Gasteiger partial charge in [-0.25, -0.2) is 0 Å². The van der Waals surface area contributed by atoms with Crippen molar-refractivity contribution in [3.63, 3.8) is 0 Å². The predicted octanol–water partition coefficient (Wildman–Crippen LogP) is 4.63. The molecule has 108 valence electrons. The van der Waals surface area contributed by atoms with E-state index in [1.807, 2.05) is 55.5 Å². The van der Waals surface area contributed by atoms with E-state index < -0.39 is 4.92 Å². The Bertz CT molecular complexity index is 830. The monoisotopic (exact) mass is 290 g/mol. The summed E-state index contributed by atoms with van der Waals surface area (Å²) in [6, 6.07) is 18.9. The first-order valence-electron chi connectivity index (χ1n) is 6.92. The highest BCUT2D eigenvalue weighted by atomic mass is 16.6. The Morgan fingerprint density at radius 3 is 2.50 bits per heavy atom. The van der Waals surface area contributed by atoms with Crippen LogP contribution in [0.25, 0.3) is 22.4 Å². The molecule has 1 aromatic heterocycles. The molecule has 3 aromatic rings. The molecule has 0 spiro atoms. The molecule has 22 heavy (non-hydrogen) atoms. The lowest BCUT2D eigenvalue weighted by Gasteiger charge is -2.12. The molecule has 0 radical (unpaired) electrons. The van der Waals surface area contributed by atoms with E-state index in [9.17, 15) is 10.1 Å². The molecule has 0 bridgehead atoms. The van der Waals surface area contributed by atoms with Gasteiger partial charge in [0.1, 0.15) is 0 Å². The Hall–Kier alpha value is -3.01. The molecular formula is C18H14N2O2. The SMILES string of the molecule is Cc1cccc(-c2ccccc2)c1-c1cc([N+](=O)[O-])ccn1. The standard InChI is InChI=1S/C18H14N2O2/c1-13-6-5-9-16(14-7-3-2-4-8-14)18(13)17-12-15(20(21)22)10-11-19-17/h2-12H,1H3. The van der Waals surface area contributed by atoms with Crippen molar-refractivity contribution in [3.05, 3.63) is 82.5 Å². The van der Waals surface area contributed by atoms with Gasteiger partial charge < -0.3 is 0 Å². The van der Waals surface area contributed by atoms with E-state index >= 15 is 0 Å². The van der Waals surface area contributed by atoms with Crippen LogP contribution < -0.4 is 0 Å². The largest absolute Gasteiger partial charge is 0.273 e. The van der Waals surface area contributed by atoms with Crippen LogP contribution in [0.15, 0.2) is 66.9 Å². The maximum atomic E-state index is 11.0. The van der Waals surface area contributed by atoms with Crippen molar-refractivity contribution in [1.82, 2.24) is 4.98 Å². The van der Waals surface area contributed by atoms with Crippen molar-refractivity contribution in [2.24, 2.45) is 0 Å². The van der Waals surface area contributed by atoms with Gasteiger partial charge in [-0.2, -0.15) is 0 Å². The molecule has 0 amide bonds. The average molecular weight is 290 g/mol. The number of nitrogens with zero attached hydrogens (tertiary/aromatic N) is 2. The second-order valence-electron chi connectivity index (χ2n) is 5.02. The third-order valence-corrected chi connectivity index (χ3v) is 3.57. The highest BCUT2D eigenvalue weighted by Crippen LogP contribution is 2.34. The van der Waals surface area contributed by atoms with Gasteiger partial charge in [-0.1, -0.05) is 48.5 Å². The first kappa shape index (κ1) is 13.9. The molecule has 0 unspecified atom stereocenters. The lowest BCUT2D eigenvalue weighted by molar-refractivity contribution is -0.384. The molecule has 0 atom stereocenters. The number of aryl methyl sites for hydroxylation is 1. The quantitative estimate of drug-likeness (QED) is 0.522. The molecule has 0 saturated heterocycles. The van der Waals surface area contributed by atoms with Gasteiger partial charge in [-0.05, 0) is 23.6 Å². The van der Waals surface area contributed by atoms with Gasteiger partial charge in [-0.3, -0.25) is 15.1 Å². The third-order valence-electron chi connectivity index (χ3n) is 3.57. The molecule has 3 rings (SSSR count). The molecule has 0 N–H and O–H groups in total. The number of hydrogen-bond acceptors (Lipinski definition) is 3. The summed E-state index contributed by atoms with van der Waals surface area (Å²) >= 11 is 0. The fourth-order valence-corrected chi connectivity index (χ4v) is 2.54. The van der Waals surface area contributed by atoms with Gasteiger partial charge in [0.15, 0.2) is 0 Å². The number of aromatic nitrogens is 1. The van der Waals surface area contributed by atoms with Crippen LogP contribution in [0.1, 0.15) is 5.56 Å².